The number of phosphoric ester groups is 2. The standard InChI is InChI=1S/C69H134O17P2/c1-7-9-11-13-14-15-16-23-27-30-33-40-46-52-67(72)80-58-65(85-68(73)53-47-41-34-31-28-25-22-20-18-17-19-21-24-26-29-32-38-43-49-61(3)4)60-84-88(77,78)82-56-63(70)55-81-87(75,76)83-59-64(57-79-66(71)51-45-37-12-10-8-2)86-69(74)54-48-42-36-35-39-44-50-62(5)6/h61-65,70H,7-60H2,1-6H3,(H,75,76)(H,77,78)/t63-,64+,65+/m0/s1. The van der Waals surface area contributed by atoms with Crippen LogP contribution in [0.15, 0.2) is 0 Å². The molecule has 0 rings (SSSR count). The fourth-order valence-corrected chi connectivity index (χ4v) is 12.0. The van der Waals surface area contributed by atoms with Gasteiger partial charge in [-0.2, -0.15) is 0 Å². The van der Waals surface area contributed by atoms with Gasteiger partial charge in [-0.1, -0.05) is 298 Å². The van der Waals surface area contributed by atoms with Gasteiger partial charge in [0.1, 0.15) is 19.3 Å². The molecule has 0 saturated carbocycles. The number of aliphatic hydroxyl groups excluding tert-OH is 1. The molecule has 0 saturated heterocycles. The lowest BCUT2D eigenvalue weighted by molar-refractivity contribution is -0.161. The summed E-state index contributed by atoms with van der Waals surface area (Å²) in [7, 11) is -9.88. The zero-order valence-electron chi connectivity index (χ0n) is 57.0. The van der Waals surface area contributed by atoms with Crippen LogP contribution in [0.2, 0.25) is 0 Å². The van der Waals surface area contributed by atoms with Crippen molar-refractivity contribution in [2.45, 2.75) is 368 Å². The van der Waals surface area contributed by atoms with Crippen LogP contribution < -0.4 is 0 Å². The maximum absolute atomic E-state index is 13.0. The molecular weight excluding hydrogens is 1160 g/mol. The van der Waals surface area contributed by atoms with E-state index < -0.39 is 97.5 Å². The zero-order valence-corrected chi connectivity index (χ0v) is 58.8. The first-order chi connectivity index (χ1) is 42.4. The summed E-state index contributed by atoms with van der Waals surface area (Å²) in [4.78, 5) is 72.1. The first-order valence-corrected chi connectivity index (χ1v) is 39.0. The Balaban J connectivity index is 5.10. The normalized spacial score (nSPS) is 14.2. The Kier molecular flexibility index (Phi) is 59.9. The Morgan fingerprint density at radius 1 is 0.307 bits per heavy atom. The van der Waals surface area contributed by atoms with Gasteiger partial charge in [0, 0.05) is 25.7 Å². The van der Waals surface area contributed by atoms with Crippen molar-refractivity contribution in [3.8, 4) is 0 Å². The molecule has 0 aromatic carbocycles. The number of aliphatic hydroxyl groups is 1. The van der Waals surface area contributed by atoms with Crippen LogP contribution in [0.4, 0.5) is 0 Å². The predicted octanol–water partition coefficient (Wildman–Crippen LogP) is 19.6. The molecule has 0 radical (unpaired) electrons. The summed E-state index contributed by atoms with van der Waals surface area (Å²) in [5, 5.41) is 10.5. The Morgan fingerprint density at radius 3 is 0.773 bits per heavy atom. The van der Waals surface area contributed by atoms with Crippen molar-refractivity contribution >= 4 is 39.5 Å². The first-order valence-electron chi connectivity index (χ1n) is 36.0. The molecule has 0 aromatic rings. The van der Waals surface area contributed by atoms with E-state index in [0.717, 1.165) is 102 Å². The van der Waals surface area contributed by atoms with Crippen LogP contribution in [0.1, 0.15) is 350 Å². The molecule has 0 fully saturated rings. The lowest BCUT2D eigenvalue weighted by atomic mass is 10.0. The molecule has 2 unspecified atom stereocenters. The molecule has 0 bridgehead atoms. The summed E-state index contributed by atoms with van der Waals surface area (Å²) < 4.78 is 67.9. The summed E-state index contributed by atoms with van der Waals surface area (Å²) in [6.45, 7) is 9.39. The van der Waals surface area contributed by atoms with Crippen molar-refractivity contribution in [2.24, 2.45) is 11.8 Å². The van der Waals surface area contributed by atoms with E-state index in [0.29, 0.717) is 31.6 Å². The number of ether oxygens (including phenoxy) is 4. The summed E-state index contributed by atoms with van der Waals surface area (Å²) in [6, 6.07) is 0. The van der Waals surface area contributed by atoms with Crippen LogP contribution >= 0.6 is 15.6 Å². The number of carbonyl (C=O) groups is 4. The Labute approximate surface area is 537 Å². The number of rotatable bonds is 68. The van der Waals surface area contributed by atoms with Gasteiger partial charge in [0.15, 0.2) is 12.2 Å². The minimum absolute atomic E-state index is 0.101. The highest BCUT2D eigenvalue weighted by atomic mass is 31.2. The zero-order chi connectivity index (χ0) is 65.0. The van der Waals surface area contributed by atoms with Crippen LogP contribution in [0.5, 0.6) is 0 Å². The van der Waals surface area contributed by atoms with Crippen molar-refractivity contribution < 1.29 is 80.2 Å². The van der Waals surface area contributed by atoms with Gasteiger partial charge in [-0.05, 0) is 37.5 Å². The van der Waals surface area contributed by atoms with Crippen LogP contribution in [0.3, 0.4) is 0 Å². The molecule has 0 heterocycles. The topological polar surface area (TPSA) is 237 Å². The van der Waals surface area contributed by atoms with Crippen LogP contribution in [0, 0.1) is 11.8 Å². The number of phosphoric acid groups is 2. The molecule has 88 heavy (non-hydrogen) atoms. The van der Waals surface area contributed by atoms with Gasteiger partial charge in [0.2, 0.25) is 0 Å². The highest BCUT2D eigenvalue weighted by Crippen LogP contribution is 2.45. The second-order valence-electron chi connectivity index (χ2n) is 25.9. The Morgan fingerprint density at radius 2 is 0.523 bits per heavy atom. The fraction of sp³-hybridized carbons (Fsp3) is 0.942. The van der Waals surface area contributed by atoms with Crippen molar-refractivity contribution in [1.29, 1.82) is 0 Å². The summed E-state index contributed by atoms with van der Waals surface area (Å²) in [5.41, 5.74) is 0. The summed E-state index contributed by atoms with van der Waals surface area (Å²) in [6.07, 6.45) is 46.5. The third kappa shape index (κ3) is 62.8. The highest BCUT2D eigenvalue weighted by molar-refractivity contribution is 7.47. The summed E-state index contributed by atoms with van der Waals surface area (Å²) in [5.74, 6) is -0.651. The van der Waals surface area contributed by atoms with Crippen molar-refractivity contribution in [3.05, 3.63) is 0 Å². The van der Waals surface area contributed by atoms with E-state index in [-0.39, 0.29) is 25.7 Å². The predicted molar refractivity (Wildman–Crippen MR) is 354 cm³/mol. The number of hydrogen-bond donors (Lipinski definition) is 3. The molecule has 0 aromatic heterocycles. The third-order valence-corrected chi connectivity index (χ3v) is 17.9. The fourth-order valence-electron chi connectivity index (χ4n) is 10.4. The van der Waals surface area contributed by atoms with Gasteiger partial charge >= 0.3 is 39.5 Å². The van der Waals surface area contributed by atoms with Gasteiger partial charge < -0.3 is 33.8 Å². The van der Waals surface area contributed by atoms with E-state index in [2.05, 4.69) is 41.5 Å². The van der Waals surface area contributed by atoms with Crippen LogP contribution in [-0.4, -0.2) is 96.7 Å². The first kappa shape index (κ1) is 86.1. The lowest BCUT2D eigenvalue weighted by Crippen LogP contribution is -2.30. The molecule has 0 aliphatic heterocycles. The van der Waals surface area contributed by atoms with E-state index >= 15 is 0 Å². The van der Waals surface area contributed by atoms with E-state index in [1.54, 1.807) is 0 Å². The van der Waals surface area contributed by atoms with E-state index in [4.69, 9.17) is 37.0 Å². The van der Waals surface area contributed by atoms with Crippen LogP contribution in [0.25, 0.3) is 0 Å². The minimum atomic E-state index is -4.95. The van der Waals surface area contributed by atoms with Gasteiger partial charge in [0.25, 0.3) is 0 Å². The SMILES string of the molecule is CCCCCCCCCCCCCCCC(=O)OC[C@H](COP(=O)(O)OC[C@@H](O)COP(=O)(O)OC[C@@H](COC(=O)CCCCCCC)OC(=O)CCCCCCCCC(C)C)OC(=O)CCCCCCCCCCCCCCCCCCCCC(C)C. The molecule has 0 aliphatic rings. The maximum Gasteiger partial charge on any atom is 0.472 e. The Hall–Kier alpha value is -1.94. The molecule has 0 spiro atoms. The van der Waals surface area contributed by atoms with Gasteiger partial charge in [-0.25, -0.2) is 9.13 Å². The van der Waals surface area contributed by atoms with Crippen molar-refractivity contribution in [3.63, 3.8) is 0 Å². The second kappa shape index (κ2) is 61.3. The largest absolute Gasteiger partial charge is 0.472 e. The molecule has 19 heteroatoms. The highest BCUT2D eigenvalue weighted by Gasteiger charge is 2.30. The molecule has 522 valence electrons. The number of carbonyl (C=O) groups excluding carboxylic acids is 4. The van der Waals surface area contributed by atoms with E-state index in [1.165, 1.54) is 161 Å². The van der Waals surface area contributed by atoms with E-state index in [1.807, 2.05) is 0 Å². The van der Waals surface area contributed by atoms with Crippen molar-refractivity contribution in [1.82, 2.24) is 0 Å². The average molecular weight is 1300 g/mol. The molecule has 0 aliphatic carbocycles. The maximum atomic E-state index is 13.0. The quantitative estimate of drug-likeness (QED) is 0.0222. The average Bonchev–Trinajstić information content (AvgIpc) is 3.66. The number of esters is 4. The van der Waals surface area contributed by atoms with Gasteiger partial charge in [-0.3, -0.25) is 37.3 Å². The molecular formula is C69H134O17P2. The lowest BCUT2D eigenvalue weighted by Gasteiger charge is -2.21. The molecule has 3 N–H and O–H groups in total. The second-order valence-corrected chi connectivity index (χ2v) is 28.8. The smallest absolute Gasteiger partial charge is 0.462 e. The minimum Gasteiger partial charge on any atom is -0.462 e. The van der Waals surface area contributed by atoms with Gasteiger partial charge in [0.05, 0.1) is 26.4 Å². The molecule has 0 amide bonds. The number of unbranched alkanes of at least 4 members (excludes halogenated alkanes) is 38. The van der Waals surface area contributed by atoms with Crippen molar-refractivity contribution in [2.75, 3.05) is 39.6 Å². The molecule has 17 nitrogen and oxygen atoms in total. The van der Waals surface area contributed by atoms with E-state index in [9.17, 15) is 43.2 Å². The summed E-state index contributed by atoms with van der Waals surface area (Å²) >= 11 is 0. The third-order valence-electron chi connectivity index (χ3n) is 16.0. The van der Waals surface area contributed by atoms with Crippen LogP contribution in [-0.2, 0) is 65.4 Å². The van der Waals surface area contributed by atoms with Gasteiger partial charge in [-0.15, -0.1) is 0 Å². The Bertz CT molecular complexity index is 1720. The molecule has 5 atom stereocenters. The number of hydrogen-bond acceptors (Lipinski definition) is 15. The monoisotopic (exact) mass is 1300 g/mol.